The highest BCUT2D eigenvalue weighted by Crippen LogP contribution is 2.21. The minimum atomic E-state index is -0.454. The fraction of sp³-hybridized carbons (Fsp3) is 0.889. The third-order valence-corrected chi connectivity index (χ3v) is 5.87. The third-order valence-electron chi connectivity index (χ3n) is 5.87. The van der Waals surface area contributed by atoms with Crippen molar-refractivity contribution in [3.8, 4) is 0 Å². The maximum absolute atomic E-state index is 12.6. The fourth-order valence-corrected chi connectivity index (χ4v) is 4.31. The molecule has 2 N–H and O–H groups in total. The lowest BCUT2D eigenvalue weighted by Crippen LogP contribution is -2.54. The van der Waals surface area contributed by atoms with Crippen LogP contribution in [-0.4, -0.2) is 84.3 Å². The van der Waals surface area contributed by atoms with E-state index in [4.69, 9.17) is 5.73 Å². The summed E-state index contributed by atoms with van der Waals surface area (Å²) in [7, 11) is 0. The molecule has 0 aromatic heterocycles. The summed E-state index contributed by atoms with van der Waals surface area (Å²) < 4.78 is 0. The van der Waals surface area contributed by atoms with E-state index in [-0.39, 0.29) is 5.91 Å². The number of hydrogen-bond donors (Lipinski definition) is 1. The van der Waals surface area contributed by atoms with E-state index in [1.807, 2.05) is 4.90 Å². The van der Waals surface area contributed by atoms with E-state index in [9.17, 15) is 9.59 Å². The summed E-state index contributed by atoms with van der Waals surface area (Å²) in [5.74, 6) is 0.412. The minimum Gasteiger partial charge on any atom is -0.341 e. The molecule has 1 unspecified atom stereocenters. The van der Waals surface area contributed by atoms with Crippen LogP contribution in [0.3, 0.4) is 0 Å². The molecule has 0 aromatic rings. The van der Waals surface area contributed by atoms with Gasteiger partial charge < -0.3 is 20.4 Å². The second kappa shape index (κ2) is 8.41. The number of ketones is 1. The molecule has 24 heavy (non-hydrogen) atoms. The quantitative estimate of drug-likeness (QED) is 0.807. The molecular weight excluding hydrogens is 304 g/mol. The molecule has 6 heteroatoms. The lowest BCUT2D eigenvalue weighted by atomic mass is 9.99. The average Bonchev–Trinajstić information content (AvgIpc) is 2.64. The van der Waals surface area contributed by atoms with Gasteiger partial charge in [-0.1, -0.05) is 6.42 Å². The predicted molar refractivity (Wildman–Crippen MR) is 93.7 cm³/mol. The highest BCUT2D eigenvalue weighted by atomic mass is 16.2. The summed E-state index contributed by atoms with van der Waals surface area (Å²) in [4.78, 5) is 30.6. The van der Waals surface area contributed by atoms with E-state index in [1.54, 1.807) is 0 Å². The number of amides is 1. The van der Waals surface area contributed by atoms with E-state index in [1.165, 1.54) is 32.4 Å². The number of nitrogens with zero attached hydrogens (tertiary/aromatic N) is 3. The van der Waals surface area contributed by atoms with Crippen molar-refractivity contribution in [1.82, 2.24) is 14.7 Å². The van der Waals surface area contributed by atoms with Gasteiger partial charge in [0.25, 0.3) is 0 Å². The number of carbonyl (C=O) groups excluding carboxylic acids is 2. The Kier molecular flexibility index (Phi) is 6.25. The fourth-order valence-electron chi connectivity index (χ4n) is 4.31. The standard InChI is InChI=1S/C18H32N4O2/c19-17(14-20-10-6-16(23)7-11-20)18(24)22-12-4-15(5-13-22)21-8-2-1-3-9-21/h15,17H,1-14,19H2. The van der Waals surface area contributed by atoms with E-state index < -0.39 is 6.04 Å². The molecule has 3 aliphatic rings. The van der Waals surface area contributed by atoms with Gasteiger partial charge in [-0.3, -0.25) is 9.59 Å². The largest absolute Gasteiger partial charge is 0.341 e. The first-order chi connectivity index (χ1) is 11.6. The Morgan fingerprint density at radius 1 is 1.00 bits per heavy atom. The van der Waals surface area contributed by atoms with Crippen molar-refractivity contribution in [3.05, 3.63) is 0 Å². The van der Waals surface area contributed by atoms with Gasteiger partial charge >= 0.3 is 0 Å². The van der Waals surface area contributed by atoms with Gasteiger partial charge in [0.15, 0.2) is 0 Å². The molecule has 3 aliphatic heterocycles. The summed E-state index contributed by atoms with van der Waals surface area (Å²) in [5.41, 5.74) is 6.16. The number of hydrogen-bond acceptors (Lipinski definition) is 5. The molecule has 6 nitrogen and oxygen atoms in total. The van der Waals surface area contributed by atoms with Crippen LogP contribution in [-0.2, 0) is 9.59 Å². The second-order valence-corrected chi connectivity index (χ2v) is 7.60. The van der Waals surface area contributed by atoms with Crippen LogP contribution < -0.4 is 5.73 Å². The number of likely N-dealkylation sites (tertiary alicyclic amines) is 3. The van der Waals surface area contributed by atoms with Crippen molar-refractivity contribution >= 4 is 11.7 Å². The lowest BCUT2D eigenvalue weighted by molar-refractivity contribution is -0.134. The van der Waals surface area contributed by atoms with Gasteiger partial charge in [0.2, 0.25) is 5.91 Å². The number of nitrogens with two attached hydrogens (primary N) is 1. The van der Waals surface area contributed by atoms with Crippen molar-refractivity contribution in [2.45, 2.75) is 57.0 Å². The van der Waals surface area contributed by atoms with Crippen LogP contribution in [0.2, 0.25) is 0 Å². The zero-order valence-corrected chi connectivity index (χ0v) is 14.8. The van der Waals surface area contributed by atoms with Crippen molar-refractivity contribution in [1.29, 1.82) is 0 Å². The Morgan fingerprint density at radius 3 is 2.25 bits per heavy atom. The van der Waals surface area contributed by atoms with Crippen LogP contribution >= 0.6 is 0 Å². The first-order valence-corrected chi connectivity index (χ1v) is 9.66. The van der Waals surface area contributed by atoms with Gasteiger partial charge in [-0.05, 0) is 38.8 Å². The molecule has 3 saturated heterocycles. The molecular formula is C18H32N4O2. The minimum absolute atomic E-state index is 0.0870. The van der Waals surface area contributed by atoms with Crippen molar-refractivity contribution in [3.63, 3.8) is 0 Å². The molecule has 0 radical (unpaired) electrons. The van der Waals surface area contributed by atoms with E-state index in [2.05, 4.69) is 9.80 Å². The third kappa shape index (κ3) is 4.55. The molecule has 3 rings (SSSR count). The molecule has 0 spiro atoms. The van der Waals surface area contributed by atoms with Gasteiger partial charge in [-0.15, -0.1) is 0 Å². The zero-order chi connectivity index (χ0) is 16.9. The number of rotatable bonds is 4. The number of Topliss-reactive ketones (excluding diaryl/α,β-unsaturated/α-hetero) is 1. The van der Waals surface area contributed by atoms with Gasteiger partial charge in [-0.25, -0.2) is 0 Å². The molecule has 1 amide bonds. The smallest absolute Gasteiger partial charge is 0.240 e. The molecule has 0 aliphatic carbocycles. The van der Waals surface area contributed by atoms with Crippen molar-refractivity contribution in [2.75, 3.05) is 45.8 Å². The van der Waals surface area contributed by atoms with Gasteiger partial charge in [0.05, 0.1) is 6.04 Å². The topological polar surface area (TPSA) is 69.9 Å². The highest BCUT2D eigenvalue weighted by molar-refractivity contribution is 5.82. The van der Waals surface area contributed by atoms with Gasteiger partial charge in [0.1, 0.15) is 5.78 Å². The first-order valence-electron chi connectivity index (χ1n) is 9.66. The summed E-state index contributed by atoms with van der Waals surface area (Å²) >= 11 is 0. The van der Waals surface area contributed by atoms with E-state index in [0.29, 0.717) is 31.2 Å². The SMILES string of the molecule is NC(CN1CCC(=O)CC1)C(=O)N1CCC(N2CCCCC2)CC1. The van der Waals surface area contributed by atoms with Crippen molar-refractivity contribution < 1.29 is 9.59 Å². The van der Waals surface area contributed by atoms with Crippen LogP contribution in [0.5, 0.6) is 0 Å². The Morgan fingerprint density at radius 2 is 1.62 bits per heavy atom. The first kappa shape index (κ1) is 17.8. The second-order valence-electron chi connectivity index (χ2n) is 7.60. The Bertz CT molecular complexity index is 432. The molecule has 3 fully saturated rings. The molecule has 0 saturated carbocycles. The summed E-state index contributed by atoms with van der Waals surface area (Å²) in [5, 5.41) is 0. The number of carbonyl (C=O) groups is 2. The molecule has 3 heterocycles. The van der Waals surface area contributed by atoms with Crippen LogP contribution in [0, 0.1) is 0 Å². The monoisotopic (exact) mass is 336 g/mol. The lowest BCUT2D eigenvalue weighted by Gasteiger charge is -2.41. The Hall–Kier alpha value is -0.980. The van der Waals surface area contributed by atoms with Crippen LogP contribution in [0.1, 0.15) is 44.9 Å². The van der Waals surface area contributed by atoms with Gasteiger partial charge in [-0.2, -0.15) is 0 Å². The summed E-state index contributed by atoms with van der Waals surface area (Å²) in [6.45, 7) is 6.21. The zero-order valence-electron chi connectivity index (χ0n) is 14.8. The molecule has 0 aromatic carbocycles. The molecule has 136 valence electrons. The number of piperidine rings is 3. The predicted octanol–water partition coefficient (Wildman–Crippen LogP) is 0.456. The van der Waals surface area contributed by atoms with Gasteiger partial charge in [0, 0.05) is 51.6 Å². The normalized spacial score (nSPS) is 26.5. The molecule has 0 bridgehead atoms. The van der Waals surface area contributed by atoms with Crippen molar-refractivity contribution in [2.24, 2.45) is 5.73 Å². The van der Waals surface area contributed by atoms with Crippen LogP contribution in [0.15, 0.2) is 0 Å². The Labute approximate surface area is 145 Å². The summed E-state index contributed by atoms with van der Waals surface area (Å²) in [6, 6.07) is 0.198. The van der Waals surface area contributed by atoms with Crippen LogP contribution in [0.4, 0.5) is 0 Å². The van der Waals surface area contributed by atoms with E-state index in [0.717, 1.165) is 39.0 Å². The summed E-state index contributed by atoms with van der Waals surface area (Å²) in [6.07, 6.45) is 7.37. The van der Waals surface area contributed by atoms with E-state index >= 15 is 0 Å². The highest BCUT2D eigenvalue weighted by Gasteiger charge is 2.30. The maximum Gasteiger partial charge on any atom is 0.240 e. The average molecular weight is 336 g/mol. The maximum atomic E-state index is 12.6. The molecule has 1 atom stereocenters. The van der Waals surface area contributed by atoms with Crippen LogP contribution in [0.25, 0.3) is 0 Å². The Balaban J connectivity index is 1.41.